The minimum Gasteiger partial charge on any atom is -0.388 e. The average molecular weight is 242 g/mol. The van der Waals surface area contributed by atoms with E-state index in [-0.39, 0.29) is 5.82 Å². The highest BCUT2D eigenvalue weighted by atomic mass is 16.6. The molecule has 4 atom stereocenters. The highest BCUT2D eigenvalue weighted by Gasteiger charge is 2.43. The van der Waals surface area contributed by atoms with Gasteiger partial charge in [-0.3, -0.25) is 4.79 Å². The molecule has 0 aromatic carbocycles. The molecule has 1 fully saturated rings. The third kappa shape index (κ3) is 2.02. The van der Waals surface area contributed by atoms with E-state index in [1.807, 2.05) is 6.92 Å². The lowest BCUT2D eigenvalue weighted by Gasteiger charge is -2.13. The topological polar surface area (TPSA) is 123 Å². The molecule has 1 amide bonds. The van der Waals surface area contributed by atoms with Gasteiger partial charge in [-0.05, 0) is 6.42 Å². The van der Waals surface area contributed by atoms with Crippen molar-refractivity contribution in [3.05, 3.63) is 12.2 Å². The number of nitrogens with zero attached hydrogens (tertiary/aromatic N) is 3. The second-order valence-corrected chi connectivity index (χ2v) is 3.87. The summed E-state index contributed by atoms with van der Waals surface area (Å²) in [6.07, 6.45) is -1.61. The van der Waals surface area contributed by atoms with E-state index in [1.165, 1.54) is 11.0 Å². The lowest BCUT2D eigenvalue weighted by Crippen LogP contribution is -2.31. The number of aliphatic hydroxyl groups excluding tert-OH is 2. The molecule has 2 rings (SSSR count). The van der Waals surface area contributed by atoms with E-state index in [1.54, 1.807) is 0 Å². The maximum absolute atomic E-state index is 10.8. The van der Waals surface area contributed by atoms with Crippen molar-refractivity contribution in [3.63, 3.8) is 0 Å². The van der Waals surface area contributed by atoms with Crippen molar-refractivity contribution >= 4 is 5.91 Å². The molecule has 8 nitrogen and oxygen atoms in total. The molecular weight excluding hydrogens is 228 g/mol. The highest BCUT2D eigenvalue weighted by Crippen LogP contribution is 2.29. The molecule has 4 N–H and O–H groups in total. The van der Waals surface area contributed by atoms with Crippen molar-refractivity contribution in [1.82, 2.24) is 14.8 Å². The Morgan fingerprint density at radius 1 is 1.59 bits per heavy atom. The molecule has 8 heteroatoms. The molecule has 0 saturated carbocycles. The Labute approximate surface area is 97.0 Å². The molecule has 94 valence electrons. The summed E-state index contributed by atoms with van der Waals surface area (Å²) in [6, 6.07) is 0. The van der Waals surface area contributed by atoms with Gasteiger partial charge in [0.2, 0.25) is 5.82 Å². The summed E-state index contributed by atoms with van der Waals surface area (Å²) in [7, 11) is 0. The van der Waals surface area contributed by atoms with Crippen molar-refractivity contribution in [3.8, 4) is 0 Å². The molecule has 17 heavy (non-hydrogen) atoms. The van der Waals surface area contributed by atoms with Gasteiger partial charge >= 0.3 is 0 Å². The Morgan fingerprint density at radius 3 is 2.76 bits per heavy atom. The van der Waals surface area contributed by atoms with E-state index in [2.05, 4.69) is 10.1 Å². The number of amides is 1. The number of aliphatic hydroxyl groups is 2. The van der Waals surface area contributed by atoms with Crippen molar-refractivity contribution in [1.29, 1.82) is 0 Å². The average Bonchev–Trinajstić information content (AvgIpc) is 2.87. The maximum Gasteiger partial charge on any atom is 0.288 e. The van der Waals surface area contributed by atoms with Crippen LogP contribution in [0, 0.1) is 0 Å². The monoisotopic (exact) mass is 242 g/mol. The molecule has 2 unspecified atom stereocenters. The van der Waals surface area contributed by atoms with Crippen LogP contribution in [0.5, 0.6) is 0 Å². The van der Waals surface area contributed by atoms with Crippen molar-refractivity contribution < 1.29 is 19.7 Å². The predicted molar refractivity (Wildman–Crippen MR) is 54.8 cm³/mol. The lowest BCUT2D eigenvalue weighted by molar-refractivity contribution is -0.0451. The minimum atomic E-state index is -1.11. The van der Waals surface area contributed by atoms with Gasteiger partial charge < -0.3 is 20.7 Å². The summed E-state index contributed by atoms with van der Waals surface area (Å²) in [5, 5.41) is 23.2. The molecule has 1 aromatic heterocycles. The number of carbonyl (C=O) groups excluding carboxylic acids is 1. The van der Waals surface area contributed by atoms with Crippen LogP contribution in [0.4, 0.5) is 0 Å². The van der Waals surface area contributed by atoms with Crippen molar-refractivity contribution in [2.45, 2.75) is 37.9 Å². The molecule has 1 aliphatic rings. The number of rotatable bonds is 3. The first-order valence-corrected chi connectivity index (χ1v) is 5.27. The van der Waals surface area contributed by atoms with E-state index in [0.29, 0.717) is 6.42 Å². The van der Waals surface area contributed by atoms with Crippen LogP contribution in [0.3, 0.4) is 0 Å². The third-order valence-electron chi connectivity index (χ3n) is 2.73. The Hall–Kier alpha value is -1.51. The fraction of sp³-hybridized carbons (Fsp3) is 0.667. The molecule has 0 bridgehead atoms. The maximum atomic E-state index is 10.8. The number of hydrogen-bond donors (Lipinski definition) is 3. The van der Waals surface area contributed by atoms with Crippen LogP contribution in [-0.2, 0) is 4.74 Å². The summed E-state index contributed by atoms with van der Waals surface area (Å²) in [5.41, 5.74) is 5.01. The second kappa shape index (κ2) is 4.40. The van der Waals surface area contributed by atoms with E-state index in [4.69, 9.17) is 10.5 Å². The lowest BCUT2D eigenvalue weighted by atomic mass is 10.1. The predicted octanol–water partition coefficient (Wildman–Crippen LogP) is -1.59. The number of hydrogen-bond acceptors (Lipinski definition) is 6. The summed E-state index contributed by atoms with van der Waals surface area (Å²) in [4.78, 5) is 14.5. The second-order valence-electron chi connectivity index (χ2n) is 3.87. The van der Waals surface area contributed by atoms with E-state index in [9.17, 15) is 15.0 Å². The normalized spacial score (nSPS) is 32.9. The third-order valence-corrected chi connectivity index (χ3v) is 2.73. The van der Waals surface area contributed by atoms with Gasteiger partial charge in [0.15, 0.2) is 6.23 Å². The largest absolute Gasteiger partial charge is 0.388 e. The molecule has 2 heterocycles. The number of carbonyl (C=O) groups is 1. The molecule has 0 spiro atoms. The fourth-order valence-corrected chi connectivity index (χ4v) is 1.80. The van der Waals surface area contributed by atoms with E-state index < -0.39 is 30.4 Å². The first-order chi connectivity index (χ1) is 8.04. The van der Waals surface area contributed by atoms with Crippen LogP contribution in [0.25, 0.3) is 0 Å². The molecular formula is C9H14N4O4. The van der Waals surface area contributed by atoms with Crippen LogP contribution in [0.1, 0.15) is 30.2 Å². The SMILES string of the molecule is CCC1OC(n2cnc(C(N)=O)n2)[C@H](O)[C@@H]1O. The first-order valence-electron chi connectivity index (χ1n) is 5.27. The zero-order chi connectivity index (χ0) is 12.6. The van der Waals surface area contributed by atoms with E-state index in [0.717, 1.165) is 0 Å². The van der Waals surface area contributed by atoms with Gasteiger partial charge in [-0.2, -0.15) is 0 Å². The number of ether oxygens (including phenoxy) is 1. The summed E-state index contributed by atoms with van der Waals surface area (Å²) in [5.74, 6) is -0.918. The molecule has 0 aliphatic carbocycles. The number of nitrogens with two attached hydrogens (primary N) is 1. The zero-order valence-corrected chi connectivity index (χ0v) is 9.22. The van der Waals surface area contributed by atoms with E-state index >= 15 is 0 Å². The first kappa shape index (κ1) is 12.0. The highest BCUT2D eigenvalue weighted by molar-refractivity contribution is 5.88. The van der Waals surface area contributed by atoms with Crippen LogP contribution >= 0.6 is 0 Å². The fourth-order valence-electron chi connectivity index (χ4n) is 1.80. The van der Waals surface area contributed by atoms with Crippen LogP contribution in [0.2, 0.25) is 0 Å². The Kier molecular flexibility index (Phi) is 3.09. The standard InChI is InChI=1S/C9H14N4O4/c1-2-4-5(14)6(15)9(17-4)13-3-11-8(12-13)7(10)16/h3-6,9,14-15H,2H2,1H3,(H2,10,16)/t4?,5-,6-,9?/m1/s1. The summed E-state index contributed by atoms with van der Waals surface area (Å²) < 4.78 is 6.61. The van der Waals surface area contributed by atoms with Gasteiger partial charge in [0.05, 0.1) is 6.10 Å². The van der Waals surface area contributed by atoms with Crippen molar-refractivity contribution in [2.24, 2.45) is 5.73 Å². The Bertz CT molecular complexity index is 421. The zero-order valence-electron chi connectivity index (χ0n) is 9.22. The van der Waals surface area contributed by atoms with Crippen LogP contribution in [0.15, 0.2) is 6.33 Å². The van der Waals surface area contributed by atoms with Crippen LogP contribution in [-0.4, -0.2) is 49.2 Å². The van der Waals surface area contributed by atoms with Crippen LogP contribution < -0.4 is 5.73 Å². The van der Waals surface area contributed by atoms with Gasteiger partial charge in [-0.1, -0.05) is 6.92 Å². The van der Waals surface area contributed by atoms with Gasteiger partial charge in [0.1, 0.15) is 18.5 Å². The Morgan fingerprint density at radius 2 is 2.29 bits per heavy atom. The molecule has 0 radical (unpaired) electrons. The molecule has 1 aromatic rings. The van der Waals surface area contributed by atoms with Crippen molar-refractivity contribution in [2.75, 3.05) is 0 Å². The number of primary amides is 1. The molecule has 1 saturated heterocycles. The quantitative estimate of drug-likeness (QED) is 0.587. The number of aromatic nitrogens is 3. The summed E-state index contributed by atoms with van der Waals surface area (Å²) >= 11 is 0. The Balaban J connectivity index is 2.19. The van der Waals surface area contributed by atoms with Gasteiger partial charge in [-0.25, -0.2) is 9.67 Å². The summed E-state index contributed by atoms with van der Waals surface area (Å²) in [6.45, 7) is 1.83. The molecule has 1 aliphatic heterocycles. The smallest absolute Gasteiger partial charge is 0.288 e. The van der Waals surface area contributed by atoms with Gasteiger partial charge in [0, 0.05) is 0 Å². The minimum absolute atomic E-state index is 0.157. The van der Waals surface area contributed by atoms with Gasteiger partial charge in [0.25, 0.3) is 5.91 Å². The van der Waals surface area contributed by atoms with Gasteiger partial charge in [-0.15, -0.1) is 5.10 Å².